The van der Waals surface area contributed by atoms with Crippen LogP contribution in [0.5, 0.6) is 5.75 Å². The summed E-state index contributed by atoms with van der Waals surface area (Å²) < 4.78 is 44.7. The second kappa shape index (κ2) is 14.3. The van der Waals surface area contributed by atoms with Crippen molar-refractivity contribution in [3.63, 3.8) is 0 Å². The Morgan fingerprint density at radius 3 is 2.63 bits per heavy atom. The zero-order valence-electron chi connectivity index (χ0n) is 24.1. The maximum absolute atomic E-state index is 14.1. The number of halogens is 3. The topological polar surface area (TPSA) is 178 Å². The normalized spacial score (nSPS) is 17.2. The second-order valence-electron chi connectivity index (χ2n) is 10.2. The van der Waals surface area contributed by atoms with Crippen LogP contribution in [0.1, 0.15) is 39.0 Å². The van der Waals surface area contributed by atoms with Crippen LogP contribution in [0.4, 0.5) is 13.6 Å². The number of ether oxygens (including phenoxy) is 3. The molecule has 2 aliphatic rings. The van der Waals surface area contributed by atoms with Crippen LogP contribution >= 0.6 is 12.4 Å². The predicted molar refractivity (Wildman–Crippen MR) is 155 cm³/mol. The molecule has 3 atom stereocenters. The van der Waals surface area contributed by atoms with Crippen molar-refractivity contribution >= 4 is 36.3 Å². The molecule has 3 amide bonds. The van der Waals surface area contributed by atoms with Gasteiger partial charge in [-0.2, -0.15) is 0 Å². The summed E-state index contributed by atoms with van der Waals surface area (Å²) in [4.78, 5) is 70.1. The molecule has 4 heterocycles. The first-order valence-electron chi connectivity index (χ1n) is 13.7. The molecule has 244 valence electrons. The molecule has 3 N–H and O–H groups in total. The van der Waals surface area contributed by atoms with E-state index in [1.807, 2.05) is 0 Å². The van der Waals surface area contributed by atoms with Crippen LogP contribution in [-0.2, 0) is 33.9 Å². The van der Waals surface area contributed by atoms with Gasteiger partial charge in [0.1, 0.15) is 23.8 Å². The van der Waals surface area contributed by atoms with Crippen LogP contribution in [0, 0.1) is 11.6 Å². The molecule has 46 heavy (non-hydrogen) atoms. The Bertz CT molecular complexity index is 1710. The molecule has 0 spiro atoms. The number of carbonyl (C=O) groups excluding carboxylic acids is 3. The van der Waals surface area contributed by atoms with Gasteiger partial charge in [0.05, 0.1) is 31.4 Å². The van der Waals surface area contributed by atoms with Gasteiger partial charge < -0.3 is 39.4 Å². The van der Waals surface area contributed by atoms with E-state index in [1.165, 1.54) is 15.7 Å². The van der Waals surface area contributed by atoms with Crippen molar-refractivity contribution in [1.29, 1.82) is 0 Å². The Balaban J connectivity index is 0.00000480. The van der Waals surface area contributed by atoms with Crippen molar-refractivity contribution in [2.45, 2.75) is 44.9 Å². The summed E-state index contributed by atoms with van der Waals surface area (Å²) in [5.41, 5.74) is -1.39. The molecule has 0 aliphatic carbocycles. The molecule has 1 unspecified atom stereocenters. The minimum atomic E-state index is -1.81. The van der Waals surface area contributed by atoms with E-state index in [0.717, 1.165) is 18.3 Å². The van der Waals surface area contributed by atoms with Gasteiger partial charge >= 0.3 is 6.16 Å². The smallest absolute Gasteiger partial charge is 0.483 e. The maximum Gasteiger partial charge on any atom is 0.506 e. The Morgan fingerprint density at radius 1 is 1.15 bits per heavy atom. The number of nitrogens with one attached hydrogen (secondary N) is 2. The highest BCUT2D eigenvalue weighted by Gasteiger charge is 2.43. The lowest BCUT2D eigenvalue weighted by Gasteiger charge is -2.34. The minimum Gasteiger partial charge on any atom is -0.483 e. The van der Waals surface area contributed by atoms with E-state index in [4.69, 9.17) is 14.2 Å². The lowest BCUT2D eigenvalue weighted by molar-refractivity contribution is -0.132. The van der Waals surface area contributed by atoms with E-state index in [1.54, 1.807) is 25.1 Å². The molecule has 0 bridgehead atoms. The number of benzene rings is 1. The molecule has 0 saturated carbocycles. The molecule has 0 radical (unpaired) electrons. The van der Waals surface area contributed by atoms with Gasteiger partial charge in [-0.15, -0.1) is 12.4 Å². The fraction of sp³-hybridized carbons (Fsp3) is 0.310. The van der Waals surface area contributed by atoms with Gasteiger partial charge in [0.25, 0.3) is 17.7 Å². The third-order valence-corrected chi connectivity index (χ3v) is 7.13. The number of carbonyl (C=O) groups is 4. The Morgan fingerprint density at radius 2 is 1.93 bits per heavy atom. The van der Waals surface area contributed by atoms with Gasteiger partial charge in [-0.3, -0.25) is 24.2 Å². The van der Waals surface area contributed by atoms with E-state index < -0.39 is 77.7 Å². The van der Waals surface area contributed by atoms with Crippen LogP contribution in [0.25, 0.3) is 0 Å². The van der Waals surface area contributed by atoms with Crippen molar-refractivity contribution in [2.75, 3.05) is 13.2 Å². The molecule has 1 aromatic carbocycles. The summed E-state index contributed by atoms with van der Waals surface area (Å²) >= 11 is 0. The molecule has 2 aliphatic heterocycles. The average Bonchev–Trinajstić information content (AvgIpc) is 3.38. The molecule has 14 nitrogen and oxygen atoms in total. The van der Waals surface area contributed by atoms with Crippen LogP contribution in [-0.4, -0.2) is 75.0 Å². The molecular weight excluding hydrogens is 636 g/mol. The number of carboxylic acid groups (broad SMARTS) is 1. The Labute approximate surface area is 265 Å². The maximum atomic E-state index is 14.1. The largest absolute Gasteiger partial charge is 0.506 e. The van der Waals surface area contributed by atoms with E-state index in [0.29, 0.717) is 11.8 Å². The Hall–Kier alpha value is -5.09. The predicted octanol–water partition coefficient (Wildman–Crippen LogP) is 1.83. The lowest BCUT2D eigenvalue weighted by Crippen LogP contribution is -2.49. The van der Waals surface area contributed by atoms with E-state index in [9.17, 15) is 37.9 Å². The van der Waals surface area contributed by atoms with Gasteiger partial charge in [-0.25, -0.2) is 13.6 Å². The van der Waals surface area contributed by atoms with Gasteiger partial charge in [0.2, 0.25) is 11.5 Å². The number of nitrogens with zero attached hydrogens (tertiary/aromatic N) is 3. The highest BCUT2D eigenvalue weighted by atomic mass is 35.5. The van der Waals surface area contributed by atoms with Crippen LogP contribution in [0.2, 0.25) is 0 Å². The first kappa shape index (κ1) is 33.8. The first-order chi connectivity index (χ1) is 21.5. The van der Waals surface area contributed by atoms with Crippen LogP contribution < -0.4 is 20.8 Å². The number of fused-ring (bicyclic) bond motifs is 2. The number of pyridine rings is 2. The summed E-state index contributed by atoms with van der Waals surface area (Å²) in [5.74, 6) is -4.89. The molecular formula is C29H28ClF2N5O9. The van der Waals surface area contributed by atoms with E-state index >= 15 is 0 Å². The molecule has 1 fully saturated rings. The second-order valence-corrected chi connectivity index (χ2v) is 10.2. The minimum absolute atomic E-state index is 0. The van der Waals surface area contributed by atoms with E-state index in [-0.39, 0.29) is 49.4 Å². The van der Waals surface area contributed by atoms with Crippen LogP contribution in [0.15, 0.2) is 53.6 Å². The SMILES string of the molecule is C[C@H]1CO[C@@H]2Cn3cc(C(=O)NCc4ccc(F)cc4F)c(=O)c(OCC(OC(=O)O)C(=O)NCc4ccccn4)c3C(=O)N12.Cl. The fourth-order valence-corrected chi connectivity index (χ4v) is 4.93. The highest BCUT2D eigenvalue weighted by Crippen LogP contribution is 2.30. The summed E-state index contributed by atoms with van der Waals surface area (Å²) in [7, 11) is 0. The zero-order chi connectivity index (χ0) is 32.2. The number of amides is 3. The van der Waals surface area contributed by atoms with Crippen molar-refractivity contribution in [3.8, 4) is 5.75 Å². The number of hydrogen-bond donors (Lipinski definition) is 3. The van der Waals surface area contributed by atoms with Crippen LogP contribution in [0.3, 0.4) is 0 Å². The summed E-state index contributed by atoms with van der Waals surface area (Å²) in [6, 6.07) is 7.41. The Kier molecular flexibility index (Phi) is 10.5. The number of hydrogen-bond acceptors (Lipinski definition) is 9. The first-order valence-corrected chi connectivity index (χ1v) is 13.7. The summed E-state index contributed by atoms with van der Waals surface area (Å²) in [6.07, 6.45) is -1.67. The summed E-state index contributed by atoms with van der Waals surface area (Å²) in [5, 5.41) is 14.1. The monoisotopic (exact) mass is 663 g/mol. The molecule has 17 heteroatoms. The van der Waals surface area contributed by atoms with Gasteiger partial charge in [0, 0.05) is 30.6 Å². The van der Waals surface area contributed by atoms with Crippen molar-refractivity contribution < 1.29 is 47.3 Å². The van der Waals surface area contributed by atoms with Crippen molar-refractivity contribution in [3.05, 3.63) is 93.2 Å². The summed E-state index contributed by atoms with van der Waals surface area (Å²) in [6.45, 7) is 0.654. The third-order valence-electron chi connectivity index (χ3n) is 7.13. The van der Waals surface area contributed by atoms with Crippen molar-refractivity contribution in [1.82, 2.24) is 25.1 Å². The van der Waals surface area contributed by atoms with E-state index in [2.05, 4.69) is 15.6 Å². The fourth-order valence-electron chi connectivity index (χ4n) is 4.93. The van der Waals surface area contributed by atoms with Crippen molar-refractivity contribution in [2.24, 2.45) is 0 Å². The standard InChI is InChI=1S/C29H27F2N5O9.ClH/c1-15-13-43-22-12-35-11-19(26(38)33-9-16-5-6-17(30)8-20(16)31)24(37)25(23(35)28(40)36(15)22)44-14-21(45-29(41)42)27(39)34-10-18-4-2-3-7-32-18;/h2-8,11,15,21-22H,9-10,12-14H2,1H3,(H,33,38)(H,34,39)(H,41,42);1H/t15-,21?,22+;/m0./s1. The average molecular weight is 664 g/mol. The van der Waals surface area contributed by atoms with Gasteiger partial charge in [-0.05, 0) is 25.1 Å². The molecule has 1 saturated heterocycles. The molecule has 5 rings (SSSR count). The van der Waals surface area contributed by atoms with Gasteiger partial charge in [-0.1, -0.05) is 12.1 Å². The third kappa shape index (κ3) is 7.24. The van der Waals surface area contributed by atoms with Gasteiger partial charge in [0.15, 0.2) is 17.7 Å². The quantitative estimate of drug-likeness (QED) is 0.271. The lowest BCUT2D eigenvalue weighted by atomic mass is 10.1. The number of aromatic nitrogens is 2. The number of rotatable bonds is 10. The molecule has 2 aromatic heterocycles. The highest BCUT2D eigenvalue weighted by molar-refractivity contribution is 5.99. The zero-order valence-corrected chi connectivity index (χ0v) is 24.9. The molecule has 3 aromatic rings.